The number of phenolic OH excluding ortho intramolecular Hbond substituents is 1. The van der Waals surface area contributed by atoms with Gasteiger partial charge < -0.3 is 19.5 Å². The topological polar surface area (TPSA) is 74.9 Å². The van der Waals surface area contributed by atoms with Gasteiger partial charge in [0.05, 0.1) is 26.1 Å². The third-order valence-electron chi connectivity index (χ3n) is 6.59. The summed E-state index contributed by atoms with van der Waals surface area (Å²) in [7, 11) is 0. The fourth-order valence-corrected chi connectivity index (χ4v) is 5.70. The number of carboxylic acid groups (broad SMARTS) is 1. The van der Waals surface area contributed by atoms with E-state index in [1.165, 1.54) is 12.1 Å². The smallest absolute Gasteiger partial charge is 0.506 e. The number of hydrogen-bond acceptors (Lipinski definition) is 5. The molecule has 3 aromatic rings. The Balaban J connectivity index is 1.69. The average molecular weight is 583 g/mol. The first-order valence-corrected chi connectivity index (χ1v) is 12.7. The van der Waals surface area contributed by atoms with E-state index < -0.39 is 18.1 Å². The number of aromatic carboxylic acids is 1. The first-order valence-electron chi connectivity index (χ1n) is 11.5. The van der Waals surface area contributed by atoms with E-state index in [0.29, 0.717) is 38.7 Å². The number of fused-ring (bicyclic) bond motifs is 1. The third kappa shape index (κ3) is 4.71. The number of rotatable bonds is 7. The van der Waals surface area contributed by atoms with Crippen molar-refractivity contribution >= 4 is 49.9 Å². The SMILES string of the molecule is O=C(O)c1c(C(=S)c2ccc(OC(F)(F)F)cc2)n(C2CC2)c2cc(Br)c(O)c(CN3CCCC3)c12. The number of hydrogen-bond donors (Lipinski definition) is 2. The molecule has 11 heteroatoms. The highest BCUT2D eigenvalue weighted by molar-refractivity contribution is 9.10. The van der Waals surface area contributed by atoms with Crippen LogP contribution in [0.3, 0.4) is 0 Å². The van der Waals surface area contributed by atoms with Crippen LogP contribution in [0, 0.1) is 0 Å². The van der Waals surface area contributed by atoms with Gasteiger partial charge in [-0.2, -0.15) is 0 Å². The zero-order valence-corrected chi connectivity index (χ0v) is 21.3. The lowest BCUT2D eigenvalue weighted by molar-refractivity contribution is -0.274. The molecule has 5 rings (SSSR count). The summed E-state index contributed by atoms with van der Waals surface area (Å²) in [5.74, 6) is -1.58. The third-order valence-corrected chi connectivity index (χ3v) is 7.63. The van der Waals surface area contributed by atoms with Crippen molar-refractivity contribution in [2.24, 2.45) is 0 Å². The maximum absolute atomic E-state index is 12.7. The van der Waals surface area contributed by atoms with Crippen LogP contribution >= 0.6 is 28.1 Å². The first-order chi connectivity index (χ1) is 17.0. The van der Waals surface area contributed by atoms with Crippen molar-refractivity contribution in [2.75, 3.05) is 13.1 Å². The highest BCUT2D eigenvalue weighted by atomic mass is 79.9. The van der Waals surface area contributed by atoms with Gasteiger partial charge in [0.2, 0.25) is 0 Å². The van der Waals surface area contributed by atoms with Gasteiger partial charge in [0.25, 0.3) is 0 Å². The molecule has 6 nitrogen and oxygen atoms in total. The molecule has 1 aliphatic carbocycles. The lowest BCUT2D eigenvalue weighted by atomic mass is 10.0. The molecular weight excluding hydrogens is 561 g/mol. The fourth-order valence-electron chi connectivity index (χ4n) is 4.91. The maximum Gasteiger partial charge on any atom is 0.573 e. The van der Waals surface area contributed by atoms with Crippen LogP contribution in [0.1, 0.15) is 58.9 Å². The molecule has 0 spiro atoms. The number of carboxylic acids is 1. The van der Waals surface area contributed by atoms with Gasteiger partial charge in [-0.15, -0.1) is 13.2 Å². The van der Waals surface area contributed by atoms with Crippen molar-refractivity contribution in [3.8, 4) is 11.5 Å². The molecule has 190 valence electrons. The van der Waals surface area contributed by atoms with E-state index in [2.05, 4.69) is 25.6 Å². The molecule has 2 heterocycles. The minimum atomic E-state index is -4.82. The van der Waals surface area contributed by atoms with Crippen molar-refractivity contribution in [3.63, 3.8) is 0 Å². The predicted octanol–water partition coefficient (Wildman–Crippen LogP) is 6.40. The summed E-state index contributed by atoms with van der Waals surface area (Å²) in [5, 5.41) is 21.8. The molecule has 0 amide bonds. The quantitative estimate of drug-likeness (QED) is 0.248. The Morgan fingerprint density at radius 1 is 1.17 bits per heavy atom. The average Bonchev–Trinajstić information content (AvgIpc) is 3.39. The summed E-state index contributed by atoms with van der Waals surface area (Å²) in [6, 6.07) is 6.85. The second kappa shape index (κ2) is 9.35. The molecule has 2 N–H and O–H groups in total. The van der Waals surface area contributed by atoms with Crippen LogP contribution < -0.4 is 4.74 Å². The van der Waals surface area contributed by atoms with Crippen LogP contribution in [-0.2, 0) is 6.54 Å². The van der Waals surface area contributed by atoms with Crippen molar-refractivity contribution in [1.82, 2.24) is 9.47 Å². The number of likely N-dealkylation sites (tertiary alicyclic amines) is 1. The Kier molecular flexibility index (Phi) is 6.50. The Hall–Kier alpha value is -2.63. The number of nitrogens with zero attached hydrogens (tertiary/aromatic N) is 2. The highest BCUT2D eigenvalue weighted by Crippen LogP contribution is 2.46. The number of alkyl halides is 3. The monoisotopic (exact) mass is 582 g/mol. The van der Waals surface area contributed by atoms with Crippen molar-refractivity contribution < 1.29 is 32.9 Å². The van der Waals surface area contributed by atoms with E-state index in [0.717, 1.165) is 50.9 Å². The van der Waals surface area contributed by atoms with Crippen molar-refractivity contribution in [2.45, 2.75) is 44.6 Å². The van der Waals surface area contributed by atoms with Gasteiger partial charge in [-0.1, -0.05) is 12.2 Å². The number of aromatic nitrogens is 1. The van der Waals surface area contributed by atoms with Gasteiger partial charge >= 0.3 is 12.3 Å². The Bertz CT molecular complexity index is 1360. The first kappa shape index (κ1) is 25.0. The summed E-state index contributed by atoms with van der Waals surface area (Å²) < 4.78 is 44.1. The second-order valence-electron chi connectivity index (χ2n) is 9.09. The van der Waals surface area contributed by atoms with Gasteiger partial charge in [0.1, 0.15) is 11.5 Å². The largest absolute Gasteiger partial charge is 0.573 e. The molecule has 0 unspecified atom stereocenters. The van der Waals surface area contributed by atoms with Crippen LogP contribution in [0.2, 0.25) is 0 Å². The number of thiocarbonyl (C=S) groups is 1. The zero-order valence-electron chi connectivity index (χ0n) is 18.9. The molecular formula is C25H22BrF3N2O4S. The van der Waals surface area contributed by atoms with E-state index >= 15 is 0 Å². The Morgan fingerprint density at radius 2 is 1.81 bits per heavy atom. The molecule has 36 heavy (non-hydrogen) atoms. The van der Waals surface area contributed by atoms with Crippen molar-refractivity contribution in [1.29, 1.82) is 0 Å². The van der Waals surface area contributed by atoms with Crippen LogP contribution in [0.4, 0.5) is 13.2 Å². The molecule has 1 aliphatic heterocycles. The van der Waals surface area contributed by atoms with E-state index in [4.69, 9.17) is 12.2 Å². The van der Waals surface area contributed by atoms with Crippen LogP contribution in [-0.4, -0.2) is 50.0 Å². The summed E-state index contributed by atoms with van der Waals surface area (Å²) in [5.41, 5.74) is 1.89. The van der Waals surface area contributed by atoms with E-state index in [9.17, 15) is 28.2 Å². The standard InChI is InChI=1S/C25H22BrF3N2O4S/c26-17-11-18-19(16(22(17)32)12-30-9-1-2-10-30)20(24(33)34)21(31(18)14-5-6-14)23(36)13-3-7-15(8-4-13)35-25(27,28)29/h3-4,7-8,11,14,32H,1-2,5-6,9-10,12H2,(H,33,34). The van der Waals surface area contributed by atoms with E-state index in [-0.39, 0.29) is 22.2 Å². The van der Waals surface area contributed by atoms with Crippen LogP contribution in [0.5, 0.6) is 11.5 Å². The normalized spacial score (nSPS) is 16.6. The number of halogens is 4. The maximum atomic E-state index is 12.7. The number of benzene rings is 2. The molecule has 0 atom stereocenters. The molecule has 1 saturated heterocycles. The molecule has 0 radical (unpaired) electrons. The molecule has 2 fully saturated rings. The zero-order chi connectivity index (χ0) is 25.8. The van der Waals surface area contributed by atoms with Crippen LogP contribution in [0.15, 0.2) is 34.8 Å². The van der Waals surface area contributed by atoms with Gasteiger partial charge in [-0.3, -0.25) is 4.90 Å². The summed E-state index contributed by atoms with van der Waals surface area (Å²) >= 11 is 9.18. The molecule has 1 aromatic heterocycles. The summed E-state index contributed by atoms with van der Waals surface area (Å²) in [6.45, 7) is 2.11. The molecule has 0 bridgehead atoms. The summed E-state index contributed by atoms with van der Waals surface area (Å²) in [6.07, 6.45) is -1.06. The van der Waals surface area contributed by atoms with Gasteiger partial charge in [0, 0.05) is 23.5 Å². The number of phenols is 1. The number of aromatic hydroxyl groups is 1. The Labute approximate surface area is 218 Å². The van der Waals surface area contributed by atoms with Gasteiger partial charge in [0.15, 0.2) is 0 Å². The van der Waals surface area contributed by atoms with Crippen molar-refractivity contribution in [3.05, 3.63) is 57.2 Å². The highest BCUT2D eigenvalue weighted by Gasteiger charge is 2.36. The minimum absolute atomic E-state index is 0.00373. The van der Waals surface area contributed by atoms with E-state index in [1.807, 2.05) is 4.57 Å². The fraction of sp³-hybridized carbons (Fsp3) is 0.360. The van der Waals surface area contributed by atoms with E-state index in [1.54, 1.807) is 6.07 Å². The predicted molar refractivity (Wildman–Crippen MR) is 135 cm³/mol. The Morgan fingerprint density at radius 3 is 2.36 bits per heavy atom. The molecule has 2 aliphatic rings. The van der Waals surface area contributed by atoms with Gasteiger partial charge in [-0.25, -0.2) is 4.79 Å². The second-order valence-corrected chi connectivity index (χ2v) is 10.4. The molecule has 2 aromatic carbocycles. The minimum Gasteiger partial charge on any atom is -0.506 e. The summed E-state index contributed by atoms with van der Waals surface area (Å²) in [4.78, 5) is 15.1. The van der Waals surface area contributed by atoms with Gasteiger partial charge in [-0.05, 0) is 90.6 Å². The number of ether oxygens (including phenoxy) is 1. The lowest BCUT2D eigenvalue weighted by Gasteiger charge is -2.18. The number of carbonyl (C=O) groups is 1. The lowest BCUT2D eigenvalue weighted by Crippen LogP contribution is -2.19. The molecule has 1 saturated carbocycles. The van der Waals surface area contributed by atoms with Crippen LogP contribution in [0.25, 0.3) is 10.9 Å².